The maximum Gasteiger partial charge on any atom is 0.341 e. The summed E-state index contributed by atoms with van der Waals surface area (Å²) in [5.41, 5.74) is 0.153. The minimum Gasteiger partial charge on any atom is -0.481 e. The average molecular weight is 236 g/mol. The number of aliphatic imine (C=N–C) groups is 1. The topological polar surface area (TPSA) is 88.0 Å². The van der Waals surface area contributed by atoms with Crippen LogP contribution >= 0.6 is 0 Å². The van der Waals surface area contributed by atoms with Gasteiger partial charge in [-0.1, -0.05) is 6.08 Å². The summed E-state index contributed by atoms with van der Waals surface area (Å²) in [6.45, 7) is 5.19. The maximum absolute atomic E-state index is 11.4. The van der Waals surface area contributed by atoms with Crippen molar-refractivity contribution in [2.24, 2.45) is 4.99 Å². The Labute approximate surface area is 98.0 Å². The number of amides is 1. The highest BCUT2D eigenvalue weighted by atomic mass is 16.5. The maximum atomic E-state index is 11.4. The van der Waals surface area contributed by atoms with E-state index in [9.17, 15) is 9.59 Å². The van der Waals surface area contributed by atoms with Crippen molar-refractivity contribution in [1.29, 1.82) is 0 Å². The lowest BCUT2D eigenvalue weighted by molar-refractivity contribution is -0.134. The van der Waals surface area contributed by atoms with E-state index in [1.165, 1.54) is 13.2 Å². The molecule has 1 aliphatic rings. The third-order valence-corrected chi connectivity index (χ3v) is 2.06. The van der Waals surface area contributed by atoms with Crippen LogP contribution < -0.4 is 5.32 Å². The molecule has 0 spiro atoms. The lowest BCUT2D eigenvalue weighted by Crippen LogP contribution is -2.38. The monoisotopic (exact) mass is 236 g/mol. The Morgan fingerprint density at radius 2 is 2.29 bits per heavy atom. The number of rotatable bonds is 3. The lowest BCUT2D eigenvalue weighted by Gasteiger charge is -2.16. The van der Waals surface area contributed by atoms with Crippen molar-refractivity contribution >= 4 is 17.7 Å². The molecule has 1 aliphatic heterocycles. The molecule has 6 heteroatoms. The van der Waals surface area contributed by atoms with E-state index in [4.69, 9.17) is 9.84 Å². The van der Waals surface area contributed by atoms with Gasteiger partial charge in [-0.2, -0.15) is 4.99 Å². The number of methoxy groups -OCH3 is 1. The van der Waals surface area contributed by atoms with Gasteiger partial charge in [0.05, 0.1) is 7.11 Å². The van der Waals surface area contributed by atoms with Gasteiger partial charge in [0.25, 0.3) is 5.91 Å². The molecule has 1 amide bonds. The van der Waals surface area contributed by atoms with Crippen molar-refractivity contribution < 1.29 is 19.4 Å². The zero-order valence-corrected chi connectivity index (χ0v) is 9.48. The fourth-order valence-corrected chi connectivity index (χ4v) is 1.18. The summed E-state index contributed by atoms with van der Waals surface area (Å²) in [6, 6.07) is 0. The third kappa shape index (κ3) is 2.81. The standard InChI is InChI=1S/C11H12N2O4/c1-4-7-5-8(11(15)16)10(14)13-9(7)12-6(2)17-3/h4-5H,2H2,1,3H3,(H,15,16)(H,12,13,14)/b7-4-. The van der Waals surface area contributed by atoms with E-state index in [1.54, 1.807) is 13.0 Å². The highest BCUT2D eigenvalue weighted by Crippen LogP contribution is 2.12. The first-order chi connectivity index (χ1) is 7.99. The van der Waals surface area contributed by atoms with Gasteiger partial charge in [0.1, 0.15) is 11.4 Å². The summed E-state index contributed by atoms with van der Waals surface area (Å²) in [5.74, 6) is -1.67. The van der Waals surface area contributed by atoms with Crippen molar-refractivity contribution in [2.45, 2.75) is 6.92 Å². The number of ether oxygens (including phenoxy) is 1. The molecule has 0 radical (unpaired) electrons. The van der Waals surface area contributed by atoms with E-state index >= 15 is 0 Å². The van der Waals surface area contributed by atoms with Crippen LogP contribution in [0.1, 0.15) is 6.92 Å². The first-order valence-electron chi connectivity index (χ1n) is 4.74. The number of aliphatic carboxylic acids is 1. The molecule has 0 bridgehead atoms. The summed E-state index contributed by atoms with van der Waals surface area (Å²) in [7, 11) is 1.39. The molecular weight excluding hydrogens is 224 g/mol. The Morgan fingerprint density at radius 1 is 1.65 bits per heavy atom. The van der Waals surface area contributed by atoms with Gasteiger partial charge >= 0.3 is 5.97 Å². The zero-order chi connectivity index (χ0) is 13.0. The Morgan fingerprint density at radius 3 is 2.76 bits per heavy atom. The molecule has 0 fully saturated rings. The lowest BCUT2D eigenvalue weighted by atomic mass is 10.1. The van der Waals surface area contributed by atoms with Gasteiger partial charge in [-0.25, -0.2) is 4.79 Å². The molecule has 0 aromatic rings. The van der Waals surface area contributed by atoms with Gasteiger partial charge in [-0.3, -0.25) is 4.79 Å². The van der Waals surface area contributed by atoms with Gasteiger partial charge in [-0.05, 0) is 19.6 Å². The molecule has 0 atom stereocenters. The van der Waals surface area contributed by atoms with Crippen molar-refractivity contribution in [3.05, 3.63) is 35.8 Å². The number of nitrogens with zero attached hydrogens (tertiary/aromatic N) is 1. The number of amidine groups is 1. The Balaban J connectivity index is 3.17. The van der Waals surface area contributed by atoms with E-state index in [1.807, 2.05) is 0 Å². The molecule has 0 aromatic carbocycles. The summed E-state index contributed by atoms with van der Waals surface area (Å²) < 4.78 is 4.76. The predicted molar refractivity (Wildman–Crippen MR) is 61.2 cm³/mol. The number of nitrogens with one attached hydrogen (secondary N) is 1. The summed E-state index contributed by atoms with van der Waals surface area (Å²) in [5, 5.41) is 11.2. The molecule has 90 valence electrons. The highest BCUT2D eigenvalue weighted by molar-refractivity contribution is 6.26. The van der Waals surface area contributed by atoms with Gasteiger partial charge < -0.3 is 15.2 Å². The number of allylic oxidation sites excluding steroid dienone is 1. The number of hydrogen-bond acceptors (Lipinski definition) is 4. The molecule has 0 aliphatic carbocycles. The van der Waals surface area contributed by atoms with Crippen LogP contribution in [0.5, 0.6) is 0 Å². The molecule has 1 heterocycles. The molecule has 2 N–H and O–H groups in total. The van der Waals surface area contributed by atoms with E-state index in [0.717, 1.165) is 0 Å². The van der Waals surface area contributed by atoms with Crippen LogP contribution in [0.25, 0.3) is 0 Å². The van der Waals surface area contributed by atoms with E-state index in [2.05, 4.69) is 16.9 Å². The zero-order valence-electron chi connectivity index (χ0n) is 9.48. The second kappa shape index (κ2) is 5.11. The minimum atomic E-state index is -1.29. The number of carbonyl (C=O) groups is 2. The first kappa shape index (κ1) is 12.7. The summed E-state index contributed by atoms with van der Waals surface area (Å²) in [4.78, 5) is 26.1. The number of carbonyl (C=O) groups excluding carboxylic acids is 1. The molecular formula is C11H12N2O4. The van der Waals surface area contributed by atoms with Crippen LogP contribution in [-0.4, -0.2) is 29.9 Å². The number of carboxylic acid groups (broad SMARTS) is 1. The smallest absolute Gasteiger partial charge is 0.341 e. The van der Waals surface area contributed by atoms with Crippen molar-refractivity contribution in [2.75, 3.05) is 7.11 Å². The quantitative estimate of drug-likeness (QED) is 0.554. The van der Waals surface area contributed by atoms with Crippen molar-refractivity contribution in [3.63, 3.8) is 0 Å². The molecule has 0 saturated heterocycles. The molecule has 0 unspecified atom stereocenters. The molecule has 17 heavy (non-hydrogen) atoms. The van der Waals surface area contributed by atoms with Crippen molar-refractivity contribution in [3.8, 4) is 0 Å². The SMILES string of the molecule is C=C(/N=C1/NC(=O)C(C(=O)O)=C/C1=C/C)OC. The fourth-order valence-electron chi connectivity index (χ4n) is 1.18. The van der Waals surface area contributed by atoms with Crippen LogP contribution in [0.4, 0.5) is 0 Å². The van der Waals surface area contributed by atoms with Gasteiger partial charge in [0.2, 0.25) is 5.88 Å². The van der Waals surface area contributed by atoms with Crippen LogP contribution in [0.2, 0.25) is 0 Å². The Kier molecular flexibility index (Phi) is 3.82. The van der Waals surface area contributed by atoms with Crippen molar-refractivity contribution in [1.82, 2.24) is 5.32 Å². The Bertz CT molecular complexity index is 472. The molecule has 0 saturated carbocycles. The fraction of sp³-hybridized carbons (Fsp3) is 0.182. The van der Waals surface area contributed by atoms with E-state index < -0.39 is 11.9 Å². The summed E-state index contributed by atoms with van der Waals surface area (Å²) in [6.07, 6.45) is 2.88. The average Bonchev–Trinajstić information content (AvgIpc) is 2.28. The van der Waals surface area contributed by atoms with Gasteiger partial charge in [0.15, 0.2) is 0 Å². The molecule has 6 nitrogen and oxygen atoms in total. The van der Waals surface area contributed by atoms with E-state index in [-0.39, 0.29) is 17.3 Å². The highest BCUT2D eigenvalue weighted by Gasteiger charge is 2.25. The number of carboxylic acids is 1. The van der Waals surface area contributed by atoms with Gasteiger partial charge in [-0.15, -0.1) is 0 Å². The first-order valence-corrected chi connectivity index (χ1v) is 4.74. The van der Waals surface area contributed by atoms with E-state index in [0.29, 0.717) is 5.57 Å². The van der Waals surface area contributed by atoms with Crippen LogP contribution in [0.15, 0.2) is 40.8 Å². The Hall–Kier alpha value is -2.37. The number of hydrogen-bond donors (Lipinski definition) is 2. The summed E-state index contributed by atoms with van der Waals surface area (Å²) >= 11 is 0. The largest absolute Gasteiger partial charge is 0.481 e. The molecule has 1 rings (SSSR count). The second-order valence-electron chi connectivity index (χ2n) is 3.12. The van der Waals surface area contributed by atoms with Gasteiger partial charge in [0, 0.05) is 5.57 Å². The third-order valence-electron chi connectivity index (χ3n) is 2.06. The second-order valence-corrected chi connectivity index (χ2v) is 3.12. The predicted octanol–water partition coefficient (Wildman–Crippen LogP) is 0.590. The molecule has 0 aromatic heterocycles. The minimum absolute atomic E-state index is 0.117. The van der Waals surface area contributed by atoms with Crippen LogP contribution in [0, 0.1) is 0 Å². The van der Waals surface area contributed by atoms with Crippen LogP contribution in [0.3, 0.4) is 0 Å². The van der Waals surface area contributed by atoms with Crippen LogP contribution in [-0.2, 0) is 14.3 Å². The normalized spacial score (nSPS) is 19.9.